The molecule has 1 atom stereocenters. The second kappa shape index (κ2) is 5.19. The number of nitrogens with zero attached hydrogens (tertiary/aromatic N) is 1. The van der Waals surface area contributed by atoms with Crippen molar-refractivity contribution in [2.75, 3.05) is 0 Å². The van der Waals surface area contributed by atoms with Gasteiger partial charge in [0.2, 0.25) is 0 Å². The number of pyridine rings is 1. The predicted octanol–water partition coefficient (Wildman–Crippen LogP) is 4.08. The van der Waals surface area contributed by atoms with Crippen molar-refractivity contribution in [3.05, 3.63) is 76.8 Å². The number of halogens is 2. The van der Waals surface area contributed by atoms with E-state index < -0.39 is 11.9 Å². The van der Waals surface area contributed by atoms with Gasteiger partial charge in [-0.15, -0.1) is 0 Å². The SMILES string of the molecule is NC(c1ccc(Cl)c(F)c1)c1cccc2cnccc12. The minimum absolute atomic E-state index is 0.100. The molecule has 20 heavy (non-hydrogen) atoms. The predicted molar refractivity (Wildman–Crippen MR) is 79.2 cm³/mol. The fourth-order valence-corrected chi connectivity index (χ4v) is 2.42. The molecule has 1 heterocycles. The summed E-state index contributed by atoms with van der Waals surface area (Å²) in [6.45, 7) is 0. The molecule has 0 aliphatic heterocycles. The molecule has 2 N–H and O–H groups in total. The van der Waals surface area contributed by atoms with Crippen molar-refractivity contribution in [1.82, 2.24) is 4.98 Å². The van der Waals surface area contributed by atoms with Gasteiger partial charge in [0, 0.05) is 17.8 Å². The van der Waals surface area contributed by atoms with Gasteiger partial charge in [0.05, 0.1) is 11.1 Å². The first-order valence-corrected chi connectivity index (χ1v) is 6.58. The Hall–Kier alpha value is -1.97. The molecule has 0 aliphatic carbocycles. The molecule has 1 unspecified atom stereocenters. The first kappa shape index (κ1) is 13.0. The highest BCUT2D eigenvalue weighted by molar-refractivity contribution is 6.30. The molecule has 0 saturated heterocycles. The number of hydrogen-bond acceptors (Lipinski definition) is 2. The van der Waals surface area contributed by atoms with E-state index in [1.54, 1.807) is 18.5 Å². The summed E-state index contributed by atoms with van der Waals surface area (Å²) in [5, 5.41) is 2.13. The largest absolute Gasteiger partial charge is 0.320 e. The fourth-order valence-electron chi connectivity index (χ4n) is 2.30. The van der Waals surface area contributed by atoms with E-state index in [9.17, 15) is 4.39 Å². The van der Waals surface area contributed by atoms with Gasteiger partial charge < -0.3 is 5.73 Å². The minimum atomic E-state index is -0.457. The van der Waals surface area contributed by atoms with Crippen LogP contribution in [0.4, 0.5) is 4.39 Å². The van der Waals surface area contributed by atoms with Crippen LogP contribution < -0.4 is 5.73 Å². The summed E-state index contributed by atoms with van der Waals surface area (Å²) in [4.78, 5) is 4.09. The van der Waals surface area contributed by atoms with Crippen molar-refractivity contribution in [2.45, 2.75) is 6.04 Å². The molecular formula is C16H12ClFN2. The number of aromatic nitrogens is 1. The van der Waals surface area contributed by atoms with Gasteiger partial charge in [-0.05, 0) is 34.7 Å². The number of hydrogen-bond donors (Lipinski definition) is 1. The van der Waals surface area contributed by atoms with Crippen molar-refractivity contribution in [1.29, 1.82) is 0 Å². The molecule has 2 nitrogen and oxygen atoms in total. The van der Waals surface area contributed by atoms with E-state index >= 15 is 0 Å². The molecule has 4 heteroatoms. The topological polar surface area (TPSA) is 38.9 Å². The Kier molecular flexibility index (Phi) is 3.38. The van der Waals surface area contributed by atoms with Crippen LogP contribution in [0.2, 0.25) is 5.02 Å². The molecule has 0 radical (unpaired) electrons. The van der Waals surface area contributed by atoms with Crippen LogP contribution in [0.5, 0.6) is 0 Å². The van der Waals surface area contributed by atoms with Crippen LogP contribution in [0.15, 0.2) is 54.9 Å². The second-order valence-corrected chi connectivity index (χ2v) is 5.00. The van der Waals surface area contributed by atoms with E-state index in [0.717, 1.165) is 16.3 Å². The third-order valence-corrected chi connectivity index (χ3v) is 3.66. The molecule has 2 aromatic carbocycles. The second-order valence-electron chi connectivity index (χ2n) is 4.60. The quantitative estimate of drug-likeness (QED) is 0.771. The van der Waals surface area contributed by atoms with Gasteiger partial charge in [-0.25, -0.2) is 4.39 Å². The maximum atomic E-state index is 13.6. The van der Waals surface area contributed by atoms with Gasteiger partial charge in [-0.1, -0.05) is 35.9 Å². The summed E-state index contributed by atoms with van der Waals surface area (Å²) in [5.74, 6) is -0.457. The highest BCUT2D eigenvalue weighted by Crippen LogP contribution is 2.28. The average Bonchev–Trinajstić information content (AvgIpc) is 2.49. The first-order chi connectivity index (χ1) is 9.66. The van der Waals surface area contributed by atoms with Gasteiger partial charge >= 0.3 is 0 Å². The van der Waals surface area contributed by atoms with Gasteiger partial charge in [0.25, 0.3) is 0 Å². The van der Waals surface area contributed by atoms with Crippen molar-refractivity contribution in [3.63, 3.8) is 0 Å². The van der Waals surface area contributed by atoms with E-state index in [0.29, 0.717) is 5.56 Å². The highest BCUT2D eigenvalue weighted by Gasteiger charge is 2.13. The number of nitrogens with two attached hydrogens (primary N) is 1. The minimum Gasteiger partial charge on any atom is -0.320 e. The highest BCUT2D eigenvalue weighted by atomic mass is 35.5. The summed E-state index contributed by atoms with van der Waals surface area (Å²) in [5.41, 5.74) is 7.90. The number of rotatable bonds is 2. The lowest BCUT2D eigenvalue weighted by atomic mass is 9.95. The van der Waals surface area contributed by atoms with Crippen LogP contribution in [-0.4, -0.2) is 4.98 Å². The van der Waals surface area contributed by atoms with Crippen LogP contribution in [0.3, 0.4) is 0 Å². The maximum Gasteiger partial charge on any atom is 0.142 e. The number of fused-ring (bicyclic) bond motifs is 1. The summed E-state index contributed by atoms with van der Waals surface area (Å²) in [6.07, 6.45) is 3.51. The zero-order chi connectivity index (χ0) is 14.1. The summed E-state index contributed by atoms with van der Waals surface area (Å²) in [7, 11) is 0. The standard InChI is InChI=1S/C16H12ClFN2/c17-14-5-4-10(8-15(14)18)16(19)13-3-1-2-11-9-20-7-6-12(11)13/h1-9,16H,19H2. The normalized spacial score (nSPS) is 12.6. The van der Waals surface area contributed by atoms with E-state index in [2.05, 4.69) is 4.98 Å². The van der Waals surface area contributed by atoms with Crippen molar-refractivity contribution >= 4 is 22.4 Å². The van der Waals surface area contributed by atoms with Crippen LogP contribution in [0.25, 0.3) is 10.8 Å². The lowest BCUT2D eigenvalue weighted by molar-refractivity contribution is 0.624. The zero-order valence-corrected chi connectivity index (χ0v) is 11.3. The molecule has 0 aliphatic rings. The Morgan fingerprint density at radius 1 is 1.15 bits per heavy atom. The number of benzene rings is 2. The van der Waals surface area contributed by atoms with Crippen LogP contribution in [0, 0.1) is 5.82 Å². The molecule has 0 bridgehead atoms. The monoisotopic (exact) mass is 286 g/mol. The third kappa shape index (κ3) is 2.26. The van der Waals surface area contributed by atoms with Crippen molar-refractivity contribution in [2.24, 2.45) is 5.73 Å². The van der Waals surface area contributed by atoms with Crippen LogP contribution in [-0.2, 0) is 0 Å². The van der Waals surface area contributed by atoms with Gasteiger partial charge in [-0.3, -0.25) is 4.98 Å². The zero-order valence-electron chi connectivity index (χ0n) is 10.6. The maximum absolute atomic E-state index is 13.6. The van der Waals surface area contributed by atoms with Crippen molar-refractivity contribution < 1.29 is 4.39 Å². The molecule has 0 amide bonds. The van der Waals surface area contributed by atoms with E-state index in [1.807, 2.05) is 24.3 Å². The molecule has 3 aromatic rings. The Morgan fingerprint density at radius 2 is 2.00 bits per heavy atom. The lowest BCUT2D eigenvalue weighted by Gasteiger charge is -2.15. The van der Waals surface area contributed by atoms with Crippen molar-refractivity contribution in [3.8, 4) is 0 Å². The molecular weight excluding hydrogens is 275 g/mol. The van der Waals surface area contributed by atoms with Gasteiger partial charge in [0.1, 0.15) is 5.82 Å². The molecule has 0 saturated carbocycles. The molecule has 0 fully saturated rings. The molecule has 100 valence electrons. The average molecular weight is 287 g/mol. The summed E-state index contributed by atoms with van der Waals surface area (Å²) in [6, 6.07) is 12.0. The first-order valence-electron chi connectivity index (χ1n) is 6.20. The Balaban J connectivity index is 2.12. The fraction of sp³-hybridized carbons (Fsp3) is 0.0625. The Labute approximate surface area is 121 Å². The molecule has 0 spiro atoms. The third-order valence-electron chi connectivity index (χ3n) is 3.35. The van der Waals surface area contributed by atoms with E-state index in [4.69, 9.17) is 17.3 Å². The molecule has 1 aromatic heterocycles. The Morgan fingerprint density at radius 3 is 2.80 bits per heavy atom. The van der Waals surface area contributed by atoms with Gasteiger partial charge in [-0.2, -0.15) is 0 Å². The van der Waals surface area contributed by atoms with E-state index in [-0.39, 0.29) is 5.02 Å². The summed E-state index contributed by atoms with van der Waals surface area (Å²) < 4.78 is 13.6. The molecule has 3 rings (SSSR count). The Bertz CT molecular complexity index is 768. The van der Waals surface area contributed by atoms with Crippen LogP contribution >= 0.6 is 11.6 Å². The van der Waals surface area contributed by atoms with E-state index in [1.165, 1.54) is 12.1 Å². The van der Waals surface area contributed by atoms with Crippen LogP contribution in [0.1, 0.15) is 17.2 Å². The smallest absolute Gasteiger partial charge is 0.142 e. The lowest BCUT2D eigenvalue weighted by Crippen LogP contribution is -2.12. The van der Waals surface area contributed by atoms with Gasteiger partial charge in [0.15, 0.2) is 0 Å². The summed E-state index contributed by atoms with van der Waals surface area (Å²) >= 11 is 5.70.